The molecule has 3 N–H and O–H groups in total. The molecule has 0 heterocycles. The van der Waals surface area contributed by atoms with E-state index in [1.54, 1.807) is 18.2 Å². The average molecular weight is 250 g/mol. The van der Waals surface area contributed by atoms with E-state index in [9.17, 15) is 9.18 Å². The van der Waals surface area contributed by atoms with Crippen LogP contribution in [0.4, 0.5) is 4.39 Å². The van der Waals surface area contributed by atoms with Crippen LogP contribution in [0, 0.1) is 5.82 Å². The summed E-state index contributed by atoms with van der Waals surface area (Å²) in [5, 5.41) is 2.99. The van der Waals surface area contributed by atoms with Crippen molar-refractivity contribution in [3.63, 3.8) is 0 Å². The molecular weight excluding hydrogens is 231 g/mol. The predicted molar refractivity (Wildman–Crippen MR) is 68.5 cm³/mol. The van der Waals surface area contributed by atoms with E-state index in [1.807, 2.05) is 0 Å². The Morgan fingerprint density at radius 1 is 1.33 bits per heavy atom. The van der Waals surface area contributed by atoms with Crippen LogP contribution in [0.2, 0.25) is 0 Å². The van der Waals surface area contributed by atoms with E-state index in [1.165, 1.54) is 6.07 Å². The molecule has 0 bridgehead atoms. The molecule has 1 saturated carbocycles. The fourth-order valence-corrected chi connectivity index (χ4v) is 2.59. The third-order valence-corrected chi connectivity index (χ3v) is 3.66. The molecule has 3 nitrogen and oxygen atoms in total. The summed E-state index contributed by atoms with van der Waals surface area (Å²) in [6.45, 7) is 0.454. The fourth-order valence-electron chi connectivity index (χ4n) is 2.59. The van der Waals surface area contributed by atoms with Crippen LogP contribution in [0.3, 0.4) is 0 Å². The molecule has 18 heavy (non-hydrogen) atoms. The predicted octanol–water partition coefficient (Wildman–Crippen LogP) is 1.76. The molecule has 0 saturated heterocycles. The van der Waals surface area contributed by atoms with E-state index >= 15 is 0 Å². The number of carbonyl (C=O) groups excluding carboxylic acids is 1. The minimum absolute atomic E-state index is 0.0778. The summed E-state index contributed by atoms with van der Waals surface area (Å²) >= 11 is 0. The summed E-state index contributed by atoms with van der Waals surface area (Å²) in [5.41, 5.74) is 5.92. The maximum absolute atomic E-state index is 13.4. The fraction of sp³-hybridized carbons (Fsp3) is 0.500. The molecule has 0 atom stereocenters. The van der Waals surface area contributed by atoms with Gasteiger partial charge in [-0.25, -0.2) is 4.39 Å². The van der Waals surface area contributed by atoms with Gasteiger partial charge in [0.15, 0.2) is 0 Å². The van der Waals surface area contributed by atoms with E-state index in [0.29, 0.717) is 12.1 Å². The molecule has 0 radical (unpaired) electrons. The minimum Gasteiger partial charge on any atom is -0.349 e. The summed E-state index contributed by atoms with van der Waals surface area (Å²) in [7, 11) is 0. The van der Waals surface area contributed by atoms with E-state index in [0.717, 1.165) is 25.7 Å². The van der Waals surface area contributed by atoms with Crippen LogP contribution in [0.5, 0.6) is 0 Å². The summed E-state index contributed by atoms with van der Waals surface area (Å²) in [6.07, 6.45) is 4.11. The first-order chi connectivity index (χ1) is 8.65. The second-order valence-electron chi connectivity index (χ2n) is 5.01. The van der Waals surface area contributed by atoms with Crippen molar-refractivity contribution in [2.24, 2.45) is 5.73 Å². The Labute approximate surface area is 107 Å². The zero-order chi connectivity index (χ0) is 13.0. The molecule has 0 unspecified atom stereocenters. The number of hydrogen-bond donors (Lipinski definition) is 2. The topological polar surface area (TPSA) is 55.1 Å². The summed E-state index contributed by atoms with van der Waals surface area (Å²) < 4.78 is 13.4. The van der Waals surface area contributed by atoms with E-state index in [-0.39, 0.29) is 23.7 Å². The monoisotopic (exact) mass is 250 g/mol. The molecule has 1 aliphatic carbocycles. The molecule has 0 spiro atoms. The van der Waals surface area contributed by atoms with Gasteiger partial charge in [-0.15, -0.1) is 0 Å². The molecule has 1 fully saturated rings. The van der Waals surface area contributed by atoms with Crippen molar-refractivity contribution >= 4 is 5.91 Å². The molecule has 0 aromatic heterocycles. The Hall–Kier alpha value is -1.42. The second-order valence-corrected chi connectivity index (χ2v) is 5.01. The van der Waals surface area contributed by atoms with Gasteiger partial charge in [-0.2, -0.15) is 0 Å². The highest BCUT2D eigenvalue weighted by molar-refractivity contribution is 5.79. The van der Waals surface area contributed by atoms with Gasteiger partial charge < -0.3 is 11.1 Å². The summed E-state index contributed by atoms with van der Waals surface area (Å²) in [6, 6.07) is 6.37. The third kappa shape index (κ3) is 2.88. The number of benzene rings is 1. The molecule has 1 amide bonds. The number of rotatable bonds is 4. The zero-order valence-electron chi connectivity index (χ0n) is 10.4. The lowest BCUT2D eigenvalue weighted by molar-refractivity contribution is -0.122. The quantitative estimate of drug-likeness (QED) is 0.855. The highest BCUT2D eigenvalue weighted by Crippen LogP contribution is 2.28. The van der Waals surface area contributed by atoms with Gasteiger partial charge in [0.25, 0.3) is 0 Å². The van der Waals surface area contributed by atoms with Crippen LogP contribution in [-0.2, 0) is 11.2 Å². The molecule has 1 aromatic rings. The average Bonchev–Trinajstić information content (AvgIpc) is 2.81. The van der Waals surface area contributed by atoms with Gasteiger partial charge in [0.1, 0.15) is 5.82 Å². The number of nitrogens with one attached hydrogen (secondary N) is 1. The molecule has 1 aromatic carbocycles. The first-order valence-corrected chi connectivity index (χ1v) is 6.40. The lowest BCUT2D eigenvalue weighted by atomic mass is 9.97. The molecule has 98 valence electrons. The molecule has 2 rings (SSSR count). The summed E-state index contributed by atoms with van der Waals surface area (Å²) in [4.78, 5) is 12.0. The van der Waals surface area contributed by atoms with Crippen molar-refractivity contribution in [1.82, 2.24) is 5.32 Å². The SMILES string of the molecule is NCC1(NC(=O)Cc2ccccc2F)CCCC1. The number of amides is 1. The van der Waals surface area contributed by atoms with Crippen molar-refractivity contribution in [3.05, 3.63) is 35.6 Å². The second kappa shape index (κ2) is 5.48. The number of halogens is 1. The molecule has 4 heteroatoms. The first kappa shape index (κ1) is 13.0. The number of carbonyl (C=O) groups is 1. The van der Waals surface area contributed by atoms with Crippen LogP contribution >= 0.6 is 0 Å². The van der Waals surface area contributed by atoms with E-state index < -0.39 is 0 Å². The van der Waals surface area contributed by atoms with Gasteiger partial charge in [0.05, 0.1) is 12.0 Å². The van der Waals surface area contributed by atoms with Gasteiger partial charge >= 0.3 is 0 Å². The van der Waals surface area contributed by atoms with Crippen LogP contribution in [0.15, 0.2) is 24.3 Å². The van der Waals surface area contributed by atoms with Crippen molar-refractivity contribution in [2.45, 2.75) is 37.6 Å². The first-order valence-electron chi connectivity index (χ1n) is 6.40. The Bertz CT molecular complexity index is 428. The summed E-state index contributed by atoms with van der Waals surface area (Å²) in [5.74, 6) is -0.478. The lowest BCUT2D eigenvalue weighted by Gasteiger charge is -2.28. The molecular formula is C14H19FN2O. The lowest BCUT2D eigenvalue weighted by Crippen LogP contribution is -2.52. The zero-order valence-corrected chi connectivity index (χ0v) is 10.4. The van der Waals surface area contributed by atoms with Gasteiger partial charge in [-0.1, -0.05) is 31.0 Å². The molecule has 0 aliphatic heterocycles. The van der Waals surface area contributed by atoms with E-state index in [2.05, 4.69) is 5.32 Å². The Morgan fingerprint density at radius 2 is 2.00 bits per heavy atom. The van der Waals surface area contributed by atoms with Crippen molar-refractivity contribution in [2.75, 3.05) is 6.54 Å². The largest absolute Gasteiger partial charge is 0.349 e. The van der Waals surface area contributed by atoms with Crippen molar-refractivity contribution in [3.8, 4) is 0 Å². The van der Waals surface area contributed by atoms with Gasteiger partial charge in [-0.05, 0) is 24.5 Å². The third-order valence-electron chi connectivity index (χ3n) is 3.66. The Morgan fingerprint density at radius 3 is 2.61 bits per heavy atom. The van der Waals surface area contributed by atoms with Gasteiger partial charge in [0.2, 0.25) is 5.91 Å². The number of nitrogens with two attached hydrogens (primary N) is 1. The Kier molecular flexibility index (Phi) is 3.97. The van der Waals surface area contributed by atoms with Gasteiger partial charge in [0, 0.05) is 6.54 Å². The maximum atomic E-state index is 13.4. The van der Waals surface area contributed by atoms with Crippen LogP contribution in [0.25, 0.3) is 0 Å². The van der Waals surface area contributed by atoms with Crippen LogP contribution in [0.1, 0.15) is 31.2 Å². The highest BCUT2D eigenvalue weighted by Gasteiger charge is 2.33. The van der Waals surface area contributed by atoms with Crippen LogP contribution < -0.4 is 11.1 Å². The van der Waals surface area contributed by atoms with Gasteiger partial charge in [-0.3, -0.25) is 4.79 Å². The highest BCUT2D eigenvalue weighted by atomic mass is 19.1. The minimum atomic E-state index is -0.333. The van der Waals surface area contributed by atoms with Crippen LogP contribution in [-0.4, -0.2) is 18.0 Å². The maximum Gasteiger partial charge on any atom is 0.225 e. The van der Waals surface area contributed by atoms with E-state index in [4.69, 9.17) is 5.73 Å². The Balaban J connectivity index is 1.98. The van der Waals surface area contributed by atoms with Crippen molar-refractivity contribution in [1.29, 1.82) is 0 Å². The smallest absolute Gasteiger partial charge is 0.225 e. The molecule has 1 aliphatic rings. The standard InChI is InChI=1S/C14H19FN2O/c15-12-6-2-1-5-11(12)9-13(18)17-14(10-16)7-3-4-8-14/h1-2,5-6H,3-4,7-10,16H2,(H,17,18). The number of hydrogen-bond acceptors (Lipinski definition) is 2. The van der Waals surface area contributed by atoms with Crippen molar-refractivity contribution < 1.29 is 9.18 Å². The normalized spacial score (nSPS) is 17.7.